The van der Waals surface area contributed by atoms with Gasteiger partial charge in [-0.3, -0.25) is 4.79 Å². The third-order valence-electron chi connectivity index (χ3n) is 4.53. The normalized spacial score (nSPS) is 12.3. The third-order valence-corrected chi connectivity index (χ3v) is 4.53. The molecular weight excluding hydrogens is 308 g/mol. The SMILES string of the molecule is Cc1[nH]c(C(=O)OCC(=O)c2cc(C)n(C)c2C)c(C)c1[C@@H](C)O. The van der Waals surface area contributed by atoms with E-state index in [9.17, 15) is 14.7 Å². The van der Waals surface area contributed by atoms with Crippen LogP contribution in [0.3, 0.4) is 0 Å². The van der Waals surface area contributed by atoms with E-state index in [0.717, 1.165) is 17.1 Å². The highest BCUT2D eigenvalue weighted by atomic mass is 16.5. The van der Waals surface area contributed by atoms with Crippen molar-refractivity contribution in [2.45, 2.75) is 40.7 Å². The van der Waals surface area contributed by atoms with Crippen LogP contribution >= 0.6 is 0 Å². The second-order valence-corrected chi connectivity index (χ2v) is 6.18. The summed E-state index contributed by atoms with van der Waals surface area (Å²) in [6.45, 7) is 8.63. The van der Waals surface area contributed by atoms with Crippen molar-refractivity contribution in [2.75, 3.05) is 6.61 Å². The van der Waals surface area contributed by atoms with Crippen LogP contribution < -0.4 is 0 Å². The van der Waals surface area contributed by atoms with Crippen molar-refractivity contribution in [1.29, 1.82) is 0 Å². The number of H-pyrrole nitrogens is 1. The molecule has 0 unspecified atom stereocenters. The molecule has 0 bridgehead atoms. The van der Waals surface area contributed by atoms with Crippen LogP contribution in [0.5, 0.6) is 0 Å². The van der Waals surface area contributed by atoms with Gasteiger partial charge in [-0.05, 0) is 46.2 Å². The minimum absolute atomic E-state index is 0.235. The Labute approximate surface area is 141 Å². The summed E-state index contributed by atoms with van der Waals surface area (Å²) in [4.78, 5) is 27.5. The van der Waals surface area contributed by atoms with Gasteiger partial charge < -0.3 is 19.4 Å². The van der Waals surface area contributed by atoms with Crippen LogP contribution in [0.15, 0.2) is 6.07 Å². The number of nitrogens with zero attached hydrogens (tertiary/aromatic N) is 1. The summed E-state index contributed by atoms with van der Waals surface area (Å²) in [5, 5.41) is 9.78. The number of aryl methyl sites for hydroxylation is 2. The molecule has 0 aliphatic heterocycles. The van der Waals surface area contributed by atoms with Crippen LogP contribution in [0.2, 0.25) is 0 Å². The standard InChI is InChI=1S/C18H24N2O4/c1-9-7-14(12(4)20(9)6)15(22)8-24-18(23)17-10(2)16(13(5)21)11(3)19-17/h7,13,19,21H,8H2,1-6H3/t13-/m1/s1. The number of carbonyl (C=O) groups is 2. The Morgan fingerprint density at radius 1 is 1.29 bits per heavy atom. The number of rotatable bonds is 5. The molecule has 0 aromatic carbocycles. The zero-order valence-electron chi connectivity index (χ0n) is 15.0. The van der Waals surface area contributed by atoms with Gasteiger partial charge in [-0.25, -0.2) is 4.79 Å². The van der Waals surface area contributed by atoms with Crippen molar-refractivity contribution in [3.8, 4) is 0 Å². The van der Waals surface area contributed by atoms with E-state index in [2.05, 4.69) is 4.98 Å². The molecule has 24 heavy (non-hydrogen) atoms. The van der Waals surface area contributed by atoms with Crippen LogP contribution in [-0.2, 0) is 11.8 Å². The second-order valence-electron chi connectivity index (χ2n) is 6.18. The fourth-order valence-corrected chi connectivity index (χ4v) is 3.01. The number of aliphatic hydroxyl groups is 1. The summed E-state index contributed by atoms with van der Waals surface area (Å²) in [5.74, 6) is -0.831. The van der Waals surface area contributed by atoms with Crippen molar-refractivity contribution in [2.24, 2.45) is 7.05 Å². The van der Waals surface area contributed by atoms with Crippen molar-refractivity contribution in [3.05, 3.63) is 45.5 Å². The second kappa shape index (κ2) is 6.65. The molecule has 1 atom stereocenters. The van der Waals surface area contributed by atoms with Gasteiger partial charge in [-0.15, -0.1) is 0 Å². The number of aliphatic hydroxyl groups excluding tert-OH is 1. The topological polar surface area (TPSA) is 84.3 Å². The molecule has 2 aromatic rings. The van der Waals surface area contributed by atoms with Gasteiger partial charge in [-0.1, -0.05) is 0 Å². The quantitative estimate of drug-likeness (QED) is 0.651. The lowest BCUT2D eigenvalue weighted by Gasteiger charge is -2.06. The fraction of sp³-hybridized carbons (Fsp3) is 0.444. The molecule has 0 aliphatic rings. The summed E-state index contributed by atoms with van der Waals surface area (Å²) in [6, 6.07) is 1.79. The van der Waals surface area contributed by atoms with Gasteiger partial charge in [0.25, 0.3) is 0 Å². The summed E-state index contributed by atoms with van der Waals surface area (Å²) >= 11 is 0. The first-order valence-corrected chi connectivity index (χ1v) is 7.85. The van der Waals surface area contributed by atoms with Crippen molar-refractivity contribution < 1.29 is 19.4 Å². The molecule has 0 saturated carbocycles. The molecule has 2 N–H and O–H groups in total. The van der Waals surface area contributed by atoms with Crippen molar-refractivity contribution >= 4 is 11.8 Å². The van der Waals surface area contributed by atoms with E-state index in [4.69, 9.17) is 4.74 Å². The fourth-order valence-electron chi connectivity index (χ4n) is 3.01. The highest BCUT2D eigenvalue weighted by Crippen LogP contribution is 2.25. The maximum atomic E-state index is 12.3. The minimum atomic E-state index is -0.681. The van der Waals surface area contributed by atoms with Gasteiger partial charge in [0.1, 0.15) is 5.69 Å². The average Bonchev–Trinajstić information content (AvgIpc) is 2.95. The van der Waals surface area contributed by atoms with E-state index < -0.39 is 12.1 Å². The third kappa shape index (κ3) is 3.14. The molecule has 0 radical (unpaired) electrons. The predicted molar refractivity (Wildman–Crippen MR) is 90.4 cm³/mol. The van der Waals surface area contributed by atoms with E-state index in [-0.39, 0.29) is 18.1 Å². The lowest BCUT2D eigenvalue weighted by Crippen LogP contribution is -2.16. The van der Waals surface area contributed by atoms with E-state index in [0.29, 0.717) is 16.7 Å². The van der Waals surface area contributed by atoms with Gasteiger partial charge in [0, 0.05) is 35.3 Å². The number of ketones is 1. The lowest BCUT2D eigenvalue weighted by atomic mass is 10.1. The molecule has 2 heterocycles. The van der Waals surface area contributed by atoms with Gasteiger partial charge in [0.15, 0.2) is 6.61 Å². The number of nitrogens with one attached hydrogen (secondary N) is 1. The lowest BCUT2D eigenvalue weighted by molar-refractivity contribution is 0.0468. The molecule has 0 fully saturated rings. The molecule has 2 rings (SSSR count). The number of hydrogen-bond acceptors (Lipinski definition) is 4. The Morgan fingerprint density at radius 3 is 2.38 bits per heavy atom. The monoisotopic (exact) mass is 332 g/mol. The number of hydrogen-bond donors (Lipinski definition) is 2. The number of Topliss-reactive ketones (excluding diaryl/α,β-unsaturated/α-hetero) is 1. The Balaban J connectivity index is 2.12. The van der Waals surface area contributed by atoms with Crippen LogP contribution in [0, 0.1) is 27.7 Å². The maximum absolute atomic E-state index is 12.3. The summed E-state index contributed by atoms with van der Waals surface area (Å²) in [6.07, 6.45) is -0.681. The Bertz CT molecular complexity index is 797. The van der Waals surface area contributed by atoms with Crippen LogP contribution in [0.1, 0.15) is 62.1 Å². The summed E-state index contributed by atoms with van der Waals surface area (Å²) < 4.78 is 7.09. The predicted octanol–water partition coefficient (Wildman–Crippen LogP) is 2.68. The van der Waals surface area contributed by atoms with Crippen molar-refractivity contribution in [1.82, 2.24) is 9.55 Å². The first-order chi connectivity index (χ1) is 11.1. The van der Waals surface area contributed by atoms with Crippen molar-refractivity contribution in [3.63, 3.8) is 0 Å². The van der Waals surface area contributed by atoms with E-state index in [1.165, 1.54) is 0 Å². The molecule has 0 aliphatic carbocycles. The van der Waals surface area contributed by atoms with Crippen LogP contribution in [-0.4, -0.2) is 33.0 Å². The van der Waals surface area contributed by atoms with E-state index >= 15 is 0 Å². The zero-order valence-corrected chi connectivity index (χ0v) is 15.0. The molecular formula is C18H24N2O4. The van der Waals surface area contributed by atoms with Crippen LogP contribution in [0.4, 0.5) is 0 Å². The average molecular weight is 332 g/mol. The molecule has 6 heteroatoms. The Kier molecular flexibility index (Phi) is 4.99. The molecule has 0 spiro atoms. The first kappa shape index (κ1) is 18.0. The number of aromatic nitrogens is 2. The molecule has 6 nitrogen and oxygen atoms in total. The van der Waals surface area contributed by atoms with Gasteiger partial charge in [-0.2, -0.15) is 0 Å². The van der Waals surface area contributed by atoms with Gasteiger partial charge >= 0.3 is 5.97 Å². The zero-order chi connectivity index (χ0) is 18.2. The highest BCUT2D eigenvalue weighted by molar-refractivity contribution is 6.00. The smallest absolute Gasteiger partial charge is 0.355 e. The summed E-state index contributed by atoms with van der Waals surface area (Å²) in [5.41, 5.74) is 4.70. The Morgan fingerprint density at radius 2 is 1.92 bits per heavy atom. The molecule has 0 amide bonds. The number of carbonyl (C=O) groups excluding carboxylic acids is 2. The number of ether oxygens (including phenoxy) is 1. The van der Waals surface area contributed by atoms with Crippen LogP contribution in [0.25, 0.3) is 0 Å². The largest absolute Gasteiger partial charge is 0.453 e. The first-order valence-electron chi connectivity index (χ1n) is 7.85. The van der Waals surface area contributed by atoms with Gasteiger partial charge in [0.05, 0.1) is 6.10 Å². The highest BCUT2D eigenvalue weighted by Gasteiger charge is 2.22. The minimum Gasteiger partial charge on any atom is -0.453 e. The molecule has 0 saturated heterocycles. The van der Waals surface area contributed by atoms with E-state index in [1.54, 1.807) is 26.8 Å². The summed E-state index contributed by atoms with van der Waals surface area (Å²) in [7, 11) is 1.89. The molecule has 130 valence electrons. The Hall–Kier alpha value is -2.34. The maximum Gasteiger partial charge on any atom is 0.355 e. The number of esters is 1. The number of aromatic amines is 1. The van der Waals surface area contributed by atoms with Gasteiger partial charge in [0.2, 0.25) is 5.78 Å². The molecule has 2 aromatic heterocycles. The van der Waals surface area contributed by atoms with E-state index in [1.807, 2.05) is 25.5 Å².